The molecule has 3 heterocycles. The van der Waals surface area contributed by atoms with Crippen molar-refractivity contribution >= 4 is 22.6 Å². The molecule has 1 fully saturated rings. The Labute approximate surface area is 257 Å². The Morgan fingerprint density at radius 3 is 2.61 bits per heavy atom. The molecule has 1 saturated heterocycles. The van der Waals surface area contributed by atoms with Crippen LogP contribution in [0.3, 0.4) is 0 Å². The number of aryl methyl sites for hydroxylation is 1. The van der Waals surface area contributed by atoms with Crippen LogP contribution in [-0.4, -0.2) is 80.7 Å². The van der Waals surface area contributed by atoms with Crippen molar-refractivity contribution in [3.05, 3.63) is 83.4 Å². The number of likely N-dealkylation sites (tertiary alicyclic amines) is 1. The Morgan fingerprint density at radius 2 is 1.91 bits per heavy atom. The van der Waals surface area contributed by atoms with Crippen LogP contribution in [0, 0.1) is 12.7 Å². The molecule has 4 aromatic rings. The number of piperidine rings is 1. The standard InChI is InChI=1S/C34H42FN5O4/c1-22-29-5-2-6-30(35)34(29)40(20-28(43)21-42)33(22)26-4-3-14-39(19-26)32(44)17-27(36)16-23-7-9-24(10-8-23)25-11-12-31(38-18-25)37-13-15-41/h2,5-12,18,26-28,41-43H,3-4,13-17,19-21,36H2,1H3,(H,37,38)/t26?,27-,28+/m1/s1. The topological polar surface area (TPSA) is 137 Å². The number of amides is 1. The Hall–Kier alpha value is -3.83. The van der Waals surface area contributed by atoms with Crippen molar-refractivity contribution in [3.8, 4) is 11.1 Å². The van der Waals surface area contributed by atoms with Gasteiger partial charge in [0.2, 0.25) is 5.91 Å². The lowest BCUT2D eigenvalue weighted by Crippen LogP contribution is -2.42. The molecule has 234 valence electrons. The van der Waals surface area contributed by atoms with E-state index in [4.69, 9.17) is 10.8 Å². The van der Waals surface area contributed by atoms with E-state index in [0.717, 1.165) is 46.2 Å². The molecular weight excluding hydrogens is 561 g/mol. The number of aliphatic hydroxyl groups is 3. The van der Waals surface area contributed by atoms with Crippen LogP contribution in [0.2, 0.25) is 0 Å². The first-order valence-corrected chi connectivity index (χ1v) is 15.3. The predicted octanol–water partition coefficient (Wildman–Crippen LogP) is 3.57. The summed E-state index contributed by atoms with van der Waals surface area (Å²) >= 11 is 0. The number of benzene rings is 2. The number of aromatic nitrogens is 2. The second-order valence-corrected chi connectivity index (χ2v) is 11.7. The quantitative estimate of drug-likeness (QED) is 0.167. The molecule has 0 radical (unpaired) electrons. The summed E-state index contributed by atoms with van der Waals surface area (Å²) in [4.78, 5) is 19.7. The molecule has 5 rings (SSSR count). The van der Waals surface area contributed by atoms with Gasteiger partial charge in [0.15, 0.2) is 0 Å². The number of pyridine rings is 1. The van der Waals surface area contributed by atoms with Crippen LogP contribution in [0.1, 0.15) is 42.0 Å². The van der Waals surface area contributed by atoms with Gasteiger partial charge in [-0.25, -0.2) is 9.37 Å². The van der Waals surface area contributed by atoms with Gasteiger partial charge in [0, 0.05) is 60.9 Å². The molecule has 1 unspecified atom stereocenters. The molecule has 1 amide bonds. The number of rotatable bonds is 12. The first kappa shape index (κ1) is 31.6. The Kier molecular flexibility index (Phi) is 10.3. The number of nitrogens with one attached hydrogen (secondary N) is 1. The largest absolute Gasteiger partial charge is 0.395 e. The van der Waals surface area contributed by atoms with Crippen molar-refractivity contribution in [2.45, 2.75) is 57.2 Å². The van der Waals surface area contributed by atoms with Crippen LogP contribution < -0.4 is 11.1 Å². The molecule has 10 heteroatoms. The lowest BCUT2D eigenvalue weighted by molar-refractivity contribution is -0.132. The molecule has 2 aromatic heterocycles. The van der Waals surface area contributed by atoms with Gasteiger partial charge in [-0.3, -0.25) is 4.79 Å². The SMILES string of the molecule is Cc1c(C2CCCN(C(=O)C[C@H](N)Cc3ccc(-c4ccc(NCCO)nc4)cc3)C2)n(C[C@H](O)CO)c2c(F)cccc12. The first-order valence-electron chi connectivity index (χ1n) is 15.3. The number of aliphatic hydroxyl groups excluding tert-OH is 3. The van der Waals surface area contributed by atoms with Crippen LogP contribution in [0.5, 0.6) is 0 Å². The number of nitrogens with zero attached hydrogens (tertiary/aromatic N) is 3. The van der Waals surface area contributed by atoms with Gasteiger partial charge in [-0.15, -0.1) is 0 Å². The van der Waals surface area contributed by atoms with Crippen molar-refractivity contribution in [1.82, 2.24) is 14.5 Å². The fourth-order valence-electron chi connectivity index (χ4n) is 6.38. The van der Waals surface area contributed by atoms with E-state index < -0.39 is 12.7 Å². The molecule has 1 aliphatic rings. The van der Waals surface area contributed by atoms with Gasteiger partial charge in [0.05, 0.1) is 31.4 Å². The summed E-state index contributed by atoms with van der Waals surface area (Å²) in [6.07, 6.45) is 3.21. The second kappa shape index (κ2) is 14.3. The third-order valence-corrected chi connectivity index (χ3v) is 8.50. The van der Waals surface area contributed by atoms with Gasteiger partial charge in [-0.2, -0.15) is 0 Å². The fraction of sp³-hybridized carbons (Fsp3) is 0.412. The minimum atomic E-state index is -1.02. The van der Waals surface area contributed by atoms with Gasteiger partial charge in [-0.05, 0) is 61.1 Å². The molecular formula is C34H42FN5O4. The van der Waals surface area contributed by atoms with E-state index in [1.165, 1.54) is 6.07 Å². The maximum Gasteiger partial charge on any atom is 0.224 e. The zero-order valence-electron chi connectivity index (χ0n) is 25.1. The summed E-state index contributed by atoms with van der Waals surface area (Å²) in [5.74, 6) is 0.317. The van der Waals surface area contributed by atoms with Gasteiger partial charge < -0.3 is 35.8 Å². The highest BCUT2D eigenvalue weighted by molar-refractivity contribution is 5.86. The monoisotopic (exact) mass is 603 g/mol. The molecule has 0 aliphatic carbocycles. The van der Waals surface area contributed by atoms with Crippen LogP contribution in [-0.2, 0) is 17.8 Å². The van der Waals surface area contributed by atoms with E-state index in [9.17, 15) is 19.4 Å². The molecule has 44 heavy (non-hydrogen) atoms. The van der Waals surface area contributed by atoms with Crippen LogP contribution >= 0.6 is 0 Å². The molecule has 3 atom stereocenters. The third-order valence-electron chi connectivity index (χ3n) is 8.50. The summed E-state index contributed by atoms with van der Waals surface area (Å²) in [7, 11) is 0. The van der Waals surface area contributed by atoms with Gasteiger partial charge in [0.25, 0.3) is 0 Å². The zero-order valence-corrected chi connectivity index (χ0v) is 25.1. The van der Waals surface area contributed by atoms with Crippen molar-refractivity contribution in [2.24, 2.45) is 5.73 Å². The molecule has 2 aromatic carbocycles. The molecule has 0 bridgehead atoms. The van der Waals surface area contributed by atoms with Gasteiger partial charge in [0.1, 0.15) is 11.6 Å². The highest BCUT2D eigenvalue weighted by Gasteiger charge is 2.31. The Bertz CT molecular complexity index is 1560. The molecule has 9 nitrogen and oxygen atoms in total. The van der Waals surface area contributed by atoms with Crippen molar-refractivity contribution in [3.63, 3.8) is 0 Å². The number of carbonyl (C=O) groups is 1. The highest BCUT2D eigenvalue weighted by Crippen LogP contribution is 2.37. The first-order chi connectivity index (χ1) is 21.3. The van der Waals surface area contributed by atoms with Crippen LogP contribution in [0.15, 0.2) is 60.8 Å². The van der Waals surface area contributed by atoms with Gasteiger partial charge in [-0.1, -0.05) is 36.4 Å². The Morgan fingerprint density at radius 1 is 1.14 bits per heavy atom. The van der Waals surface area contributed by atoms with Crippen LogP contribution in [0.25, 0.3) is 22.0 Å². The average molecular weight is 604 g/mol. The summed E-state index contributed by atoms with van der Waals surface area (Å²) in [6.45, 7) is 3.26. The maximum atomic E-state index is 15.0. The molecule has 6 N–H and O–H groups in total. The minimum absolute atomic E-state index is 0.00156. The van der Waals surface area contributed by atoms with E-state index in [2.05, 4.69) is 10.3 Å². The number of hydrogen-bond acceptors (Lipinski definition) is 7. The summed E-state index contributed by atoms with van der Waals surface area (Å²) in [6, 6.07) is 16.6. The number of fused-ring (bicyclic) bond motifs is 1. The number of para-hydroxylation sites is 1. The highest BCUT2D eigenvalue weighted by atomic mass is 19.1. The van der Waals surface area contributed by atoms with Gasteiger partial charge >= 0.3 is 0 Å². The van der Waals surface area contributed by atoms with E-state index in [1.54, 1.807) is 16.8 Å². The number of halogens is 1. The van der Waals surface area contributed by atoms with E-state index >= 15 is 0 Å². The third kappa shape index (κ3) is 7.10. The average Bonchev–Trinajstić information content (AvgIpc) is 3.32. The van der Waals surface area contributed by atoms with Crippen LogP contribution in [0.4, 0.5) is 10.2 Å². The van der Waals surface area contributed by atoms with E-state index in [1.807, 2.05) is 54.3 Å². The number of hydrogen-bond donors (Lipinski definition) is 5. The second-order valence-electron chi connectivity index (χ2n) is 11.7. The summed E-state index contributed by atoms with van der Waals surface area (Å²) < 4.78 is 16.8. The van der Waals surface area contributed by atoms with Crippen molar-refractivity contribution in [2.75, 3.05) is 38.2 Å². The Balaban J connectivity index is 1.23. The smallest absolute Gasteiger partial charge is 0.224 e. The summed E-state index contributed by atoms with van der Waals surface area (Å²) in [5, 5.41) is 32.6. The lowest BCUT2D eigenvalue weighted by atomic mass is 9.91. The normalized spacial score (nSPS) is 16.7. The van der Waals surface area contributed by atoms with E-state index in [-0.39, 0.29) is 43.3 Å². The zero-order chi connectivity index (χ0) is 31.2. The predicted molar refractivity (Wildman–Crippen MR) is 170 cm³/mol. The van der Waals surface area contributed by atoms with Crippen molar-refractivity contribution in [1.29, 1.82) is 0 Å². The summed E-state index contributed by atoms with van der Waals surface area (Å²) in [5.41, 5.74) is 11.8. The van der Waals surface area contributed by atoms with Crippen molar-refractivity contribution < 1.29 is 24.5 Å². The molecule has 0 spiro atoms. The fourth-order valence-corrected chi connectivity index (χ4v) is 6.38. The number of nitrogens with two attached hydrogens (primary N) is 1. The molecule has 0 saturated carbocycles. The minimum Gasteiger partial charge on any atom is -0.395 e. The van der Waals surface area contributed by atoms with E-state index in [0.29, 0.717) is 37.4 Å². The number of anilines is 1. The lowest BCUT2D eigenvalue weighted by Gasteiger charge is -2.34. The molecule has 1 aliphatic heterocycles. The maximum absolute atomic E-state index is 15.0. The number of carbonyl (C=O) groups excluding carboxylic acids is 1.